The number of hydrogen-bond acceptors (Lipinski definition) is 11. The number of rotatable bonds is 37. The Balaban J connectivity index is 1.45. The molecule has 1 aromatic heterocycles. The molecule has 0 aromatic carbocycles. The molecule has 2 aliphatic heterocycles. The Bertz CT molecular complexity index is 1610. The zero-order valence-electron chi connectivity index (χ0n) is 38.2. The zero-order chi connectivity index (χ0) is 45.0. The minimum absolute atomic E-state index is 0.0978. The van der Waals surface area contributed by atoms with Gasteiger partial charge in [0.25, 0.3) is 0 Å². The maximum Gasteiger partial charge on any atom is 0.407 e. The van der Waals surface area contributed by atoms with Crippen molar-refractivity contribution in [3.05, 3.63) is 31.5 Å². The lowest BCUT2D eigenvalue weighted by Gasteiger charge is -2.19. The van der Waals surface area contributed by atoms with Gasteiger partial charge in [0.05, 0.1) is 6.61 Å². The summed E-state index contributed by atoms with van der Waals surface area (Å²) in [6.07, 6.45) is 13.2. The summed E-state index contributed by atoms with van der Waals surface area (Å²) in [7, 11) is 0. The van der Waals surface area contributed by atoms with E-state index in [0.717, 1.165) is 101 Å². The van der Waals surface area contributed by atoms with E-state index in [-0.39, 0.29) is 37.9 Å². The van der Waals surface area contributed by atoms with E-state index in [1.54, 1.807) is 0 Å². The van der Waals surface area contributed by atoms with Crippen molar-refractivity contribution in [2.75, 3.05) is 65.6 Å². The van der Waals surface area contributed by atoms with Crippen molar-refractivity contribution < 1.29 is 33.7 Å². The van der Waals surface area contributed by atoms with Gasteiger partial charge in [-0.25, -0.2) is 42.5 Å². The summed E-state index contributed by atoms with van der Waals surface area (Å²) < 4.78 is 20.6. The number of nitrogens with one attached hydrogen (secondary N) is 3. The second-order valence-corrected chi connectivity index (χ2v) is 17.1. The molecule has 0 saturated carbocycles. The van der Waals surface area contributed by atoms with E-state index in [2.05, 4.69) is 46.5 Å². The summed E-state index contributed by atoms with van der Waals surface area (Å²) >= 11 is 0. The second-order valence-electron chi connectivity index (χ2n) is 17.1. The Morgan fingerprint density at radius 2 is 1.06 bits per heavy atom. The van der Waals surface area contributed by atoms with Gasteiger partial charge in [-0.1, -0.05) is 78.1 Å². The van der Waals surface area contributed by atoms with Crippen molar-refractivity contribution >= 4 is 18.3 Å². The molecule has 356 valence electrons. The summed E-state index contributed by atoms with van der Waals surface area (Å²) in [5, 5.41) is 16.8. The van der Waals surface area contributed by atoms with Crippen LogP contribution in [0.2, 0.25) is 0 Å². The third kappa shape index (κ3) is 22.5. The first-order valence-corrected chi connectivity index (χ1v) is 23.9. The fourth-order valence-electron chi connectivity index (χ4n) is 7.39. The monoisotopic (exact) mass is 881 g/mol. The van der Waals surface area contributed by atoms with Crippen molar-refractivity contribution in [3.63, 3.8) is 0 Å². The molecular formula is C44H80N8O10. The Morgan fingerprint density at radius 3 is 1.52 bits per heavy atom. The van der Waals surface area contributed by atoms with Crippen LogP contribution in [0, 0.1) is 0 Å². The van der Waals surface area contributed by atoms with Crippen LogP contribution in [0.15, 0.2) is 14.4 Å². The highest BCUT2D eigenvalue weighted by Gasteiger charge is 2.32. The SMILES string of the molecule is CCCCCCC(CN1CC1)OC(=O)NCCCCCCn1c(=O)n(CCCCCCNC(=O)O)c(=O)n(CCCCCCNC(=O)OC(COCCCC)CN2CC2C)c1=O. The molecule has 0 bridgehead atoms. The molecule has 4 unspecified atom stereocenters. The summed E-state index contributed by atoms with van der Waals surface area (Å²) in [4.78, 5) is 81.0. The number of carboxylic acid groups (broad SMARTS) is 1. The average Bonchev–Trinajstić information content (AvgIpc) is 4.18. The van der Waals surface area contributed by atoms with Gasteiger partial charge < -0.3 is 35.3 Å². The Kier molecular flexibility index (Phi) is 26.2. The van der Waals surface area contributed by atoms with Crippen LogP contribution >= 0.6 is 0 Å². The summed E-state index contributed by atoms with van der Waals surface area (Å²) in [6.45, 7) is 13.7. The van der Waals surface area contributed by atoms with Crippen LogP contribution in [0.25, 0.3) is 0 Å². The molecule has 3 rings (SSSR count). The fraction of sp³-hybridized carbons (Fsp3) is 0.864. The molecule has 2 fully saturated rings. The minimum atomic E-state index is -1.07. The predicted octanol–water partition coefficient (Wildman–Crippen LogP) is 5.12. The highest BCUT2D eigenvalue weighted by atomic mass is 16.6. The van der Waals surface area contributed by atoms with Crippen molar-refractivity contribution in [2.24, 2.45) is 0 Å². The molecule has 0 spiro atoms. The Morgan fingerprint density at radius 1 is 0.613 bits per heavy atom. The van der Waals surface area contributed by atoms with Crippen LogP contribution in [-0.4, -0.2) is 131 Å². The van der Waals surface area contributed by atoms with Crippen molar-refractivity contribution in [1.29, 1.82) is 0 Å². The number of unbranched alkanes of at least 4 members (excludes halogenated alkanes) is 13. The number of alkyl carbamates (subject to hydrolysis) is 2. The molecule has 2 saturated heterocycles. The van der Waals surface area contributed by atoms with Gasteiger partial charge in [-0.3, -0.25) is 9.80 Å². The lowest BCUT2D eigenvalue weighted by molar-refractivity contribution is 0.0126. The zero-order valence-corrected chi connectivity index (χ0v) is 38.2. The van der Waals surface area contributed by atoms with E-state index >= 15 is 0 Å². The standard InChI is InChI=1S/C44H80N8O10/c1-4-6-8-15-22-37(33-48-29-30-48)61-40(55)46-24-17-10-13-20-27-51-42(57)50(26-19-12-9-16-23-45-39(53)54)43(58)52(44(51)59)28-21-14-11-18-25-47-41(56)62-38(34-49-32-36(49)3)35-60-31-7-5-2/h36-38,45H,4-35H2,1-3H3,(H,46,55)(H,47,56)(H,53,54). The van der Waals surface area contributed by atoms with Gasteiger partial charge >= 0.3 is 35.3 Å². The van der Waals surface area contributed by atoms with E-state index < -0.39 is 29.3 Å². The van der Waals surface area contributed by atoms with Crippen molar-refractivity contribution in [2.45, 2.75) is 181 Å². The summed E-state index contributed by atoms with van der Waals surface area (Å²) in [5.74, 6) is 0. The summed E-state index contributed by atoms with van der Waals surface area (Å²) in [5.41, 5.74) is -1.84. The fourth-order valence-corrected chi connectivity index (χ4v) is 7.39. The van der Waals surface area contributed by atoms with E-state index in [9.17, 15) is 28.8 Å². The first-order chi connectivity index (χ1) is 30.0. The smallest absolute Gasteiger partial charge is 0.407 e. The van der Waals surface area contributed by atoms with Gasteiger partial charge in [0.2, 0.25) is 0 Å². The van der Waals surface area contributed by atoms with Crippen molar-refractivity contribution in [3.8, 4) is 0 Å². The van der Waals surface area contributed by atoms with Crippen LogP contribution < -0.4 is 33.0 Å². The third-order valence-corrected chi connectivity index (χ3v) is 11.4. The molecule has 3 heterocycles. The van der Waals surface area contributed by atoms with Crippen LogP contribution in [0.1, 0.15) is 143 Å². The topological polar surface area (TPSA) is 207 Å². The number of nitrogens with zero attached hydrogens (tertiary/aromatic N) is 5. The van der Waals surface area contributed by atoms with E-state index in [1.165, 1.54) is 15.6 Å². The van der Waals surface area contributed by atoms with Crippen LogP contribution in [0.5, 0.6) is 0 Å². The summed E-state index contributed by atoms with van der Waals surface area (Å²) in [6, 6.07) is 0.495. The van der Waals surface area contributed by atoms with Crippen LogP contribution in [-0.2, 0) is 33.8 Å². The molecule has 4 atom stereocenters. The molecule has 1 aromatic rings. The second kappa shape index (κ2) is 31.0. The number of carbonyl (C=O) groups is 3. The predicted molar refractivity (Wildman–Crippen MR) is 239 cm³/mol. The Labute approximate surface area is 368 Å². The van der Waals surface area contributed by atoms with Gasteiger partial charge in [0.15, 0.2) is 0 Å². The van der Waals surface area contributed by atoms with E-state index in [4.69, 9.17) is 19.3 Å². The third-order valence-electron chi connectivity index (χ3n) is 11.4. The van der Waals surface area contributed by atoms with Gasteiger partial charge in [0, 0.05) is 84.6 Å². The molecule has 0 aliphatic carbocycles. The van der Waals surface area contributed by atoms with Gasteiger partial charge in [0.1, 0.15) is 12.2 Å². The number of amides is 3. The first-order valence-electron chi connectivity index (χ1n) is 23.9. The molecular weight excluding hydrogens is 801 g/mol. The normalized spacial score (nSPS) is 16.7. The largest absolute Gasteiger partial charge is 0.465 e. The number of ether oxygens (including phenoxy) is 3. The lowest BCUT2D eigenvalue weighted by Crippen LogP contribution is -2.54. The maximum absolute atomic E-state index is 13.6. The molecule has 18 heteroatoms. The lowest BCUT2D eigenvalue weighted by atomic mass is 10.1. The first kappa shape index (κ1) is 52.4. The molecule has 3 amide bonds. The highest BCUT2D eigenvalue weighted by Crippen LogP contribution is 2.17. The van der Waals surface area contributed by atoms with Crippen molar-refractivity contribution in [1.82, 2.24) is 39.5 Å². The van der Waals surface area contributed by atoms with Gasteiger partial charge in [-0.15, -0.1) is 0 Å². The van der Waals surface area contributed by atoms with Crippen LogP contribution in [0.3, 0.4) is 0 Å². The Hall–Kier alpha value is -3.90. The van der Waals surface area contributed by atoms with E-state index in [0.29, 0.717) is 90.4 Å². The molecule has 62 heavy (non-hydrogen) atoms. The minimum Gasteiger partial charge on any atom is -0.465 e. The quantitative estimate of drug-likeness (QED) is 0.0508. The van der Waals surface area contributed by atoms with E-state index in [1.807, 2.05) is 0 Å². The maximum atomic E-state index is 13.6. The average molecular weight is 881 g/mol. The highest BCUT2D eigenvalue weighted by molar-refractivity contribution is 5.67. The van der Waals surface area contributed by atoms with Crippen LogP contribution in [0.4, 0.5) is 14.4 Å². The number of carbonyl (C=O) groups excluding carboxylic acids is 2. The molecule has 0 radical (unpaired) electrons. The molecule has 18 nitrogen and oxygen atoms in total. The molecule has 4 N–H and O–H groups in total. The van der Waals surface area contributed by atoms with Gasteiger partial charge in [-0.2, -0.15) is 0 Å². The molecule has 2 aliphatic rings. The number of hydrogen-bond donors (Lipinski definition) is 4. The number of aromatic nitrogens is 3. The van der Waals surface area contributed by atoms with Gasteiger partial charge in [-0.05, 0) is 64.7 Å².